The van der Waals surface area contributed by atoms with Crippen molar-refractivity contribution in [1.29, 1.82) is 0 Å². The Hall–Kier alpha value is -0.0100. The molecule has 0 radical (unpaired) electrons. The van der Waals surface area contributed by atoms with Crippen molar-refractivity contribution in [1.82, 2.24) is 0 Å². The lowest BCUT2D eigenvalue weighted by atomic mass is 9.83. The molecule has 1 rings (SSSR count). The monoisotopic (exact) mass is 202 g/mol. The van der Waals surface area contributed by atoms with Gasteiger partial charge in [0, 0.05) is 10.3 Å². The van der Waals surface area contributed by atoms with Gasteiger partial charge in [-0.05, 0) is 24.3 Å². The average molecular weight is 203 g/mol. The van der Waals surface area contributed by atoms with Crippen molar-refractivity contribution in [2.24, 2.45) is 0 Å². The predicted octanol–water partition coefficient (Wildman–Crippen LogP) is 4.48. The molecular formula is C10H15ClS. The lowest BCUT2D eigenvalue weighted by Gasteiger charge is -2.25. The minimum absolute atomic E-state index is 0.283. The van der Waals surface area contributed by atoms with E-state index in [1.807, 2.05) is 6.07 Å². The predicted molar refractivity (Wildman–Crippen MR) is 57.3 cm³/mol. The fourth-order valence-corrected chi connectivity index (χ4v) is 2.89. The maximum atomic E-state index is 6.09. The highest BCUT2D eigenvalue weighted by Gasteiger charge is 2.25. The van der Waals surface area contributed by atoms with Gasteiger partial charge in [-0.25, -0.2) is 0 Å². The van der Waals surface area contributed by atoms with Crippen LogP contribution in [0.3, 0.4) is 0 Å². The first-order valence-corrected chi connectivity index (χ1v) is 5.63. The number of thiophene rings is 1. The Morgan fingerprint density at radius 3 is 2.33 bits per heavy atom. The van der Waals surface area contributed by atoms with Crippen LogP contribution in [-0.4, -0.2) is 0 Å². The molecule has 1 aromatic rings. The first-order chi connectivity index (χ1) is 5.64. The maximum absolute atomic E-state index is 6.09. The number of halogens is 1. The molecule has 0 saturated heterocycles. The third kappa shape index (κ3) is 1.67. The Morgan fingerprint density at radius 1 is 1.42 bits per heavy atom. The first-order valence-electron chi connectivity index (χ1n) is 4.37. The van der Waals surface area contributed by atoms with Gasteiger partial charge in [-0.2, -0.15) is 0 Å². The molecular weight excluding hydrogens is 188 g/mol. The van der Waals surface area contributed by atoms with Gasteiger partial charge in [-0.3, -0.25) is 0 Å². The fraction of sp³-hybridized carbons (Fsp3) is 0.600. The van der Waals surface area contributed by atoms with Crippen molar-refractivity contribution in [3.63, 3.8) is 0 Å². The van der Waals surface area contributed by atoms with Gasteiger partial charge in [0.2, 0.25) is 0 Å². The summed E-state index contributed by atoms with van der Waals surface area (Å²) in [7, 11) is 0. The van der Waals surface area contributed by atoms with E-state index in [-0.39, 0.29) is 5.41 Å². The molecule has 0 amide bonds. The van der Waals surface area contributed by atoms with E-state index in [9.17, 15) is 0 Å². The van der Waals surface area contributed by atoms with E-state index in [1.165, 1.54) is 4.88 Å². The van der Waals surface area contributed by atoms with Crippen LogP contribution < -0.4 is 0 Å². The summed E-state index contributed by atoms with van der Waals surface area (Å²) in [5.74, 6) is 0. The number of hydrogen-bond acceptors (Lipinski definition) is 1. The minimum Gasteiger partial charge on any atom is -0.147 e. The van der Waals surface area contributed by atoms with Crippen molar-refractivity contribution in [3.8, 4) is 0 Å². The summed E-state index contributed by atoms with van der Waals surface area (Å²) in [6.07, 6.45) is 2.31. The highest BCUT2D eigenvalue weighted by Crippen LogP contribution is 2.39. The molecule has 0 aliphatic rings. The SMILES string of the molecule is CCC(C)(CC)c1sccc1Cl. The van der Waals surface area contributed by atoms with E-state index < -0.39 is 0 Å². The largest absolute Gasteiger partial charge is 0.147 e. The molecule has 0 fully saturated rings. The summed E-state index contributed by atoms with van der Waals surface area (Å²) in [5.41, 5.74) is 0.283. The van der Waals surface area contributed by atoms with E-state index >= 15 is 0 Å². The summed E-state index contributed by atoms with van der Waals surface area (Å²) in [6, 6.07) is 1.99. The first kappa shape index (κ1) is 10.1. The van der Waals surface area contributed by atoms with Crippen LogP contribution in [0.1, 0.15) is 38.5 Å². The maximum Gasteiger partial charge on any atom is 0.0550 e. The summed E-state index contributed by atoms with van der Waals surface area (Å²) in [6.45, 7) is 6.73. The second kappa shape index (κ2) is 3.80. The van der Waals surface area contributed by atoms with Crippen LogP contribution in [0.4, 0.5) is 0 Å². The molecule has 0 spiro atoms. The van der Waals surface area contributed by atoms with Crippen LogP contribution in [-0.2, 0) is 5.41 Å². The van der Waals surface area contributed by atoms with Gasteiger partial charge in [-0.1, -0.05) is 32.4 Å². The highest BCUT2D eigenvalue weighted by molar-refractivity contribution is 7.10. The van der Waals surface area contributed by atoms with Crippen molar-refractivity contribution >= 4 is 22.9 Å². The molecule has 68 valence electrons. The summed E-state index contributed by atoms with van der Waals surface area (Å²) in [5, 5.41) is 3.01. The number of rotatable bonds is 3. The zero-order valence-electron chi connectivity index (χ0n) is 7.86. The minimum atomic E-state index is 0.283. The zero-order valence-corrected chi connectivity index (χ0v) is 9.43. The Bertz CT molecular complexity index is 248. The van der Waals surface area contributed by atoms with E-state index in [4.69, 9.17) is 11.6 Å². The average Bonchev–Trinajstić information content (AvgIpc) is 2.51. The van der Waals surface area contributed by atoms with E-state index in [0.29, 0.717) is 0 Å². The summed E-state index contributed by atoms with van der Waals surface area (Å²) in [4.78, 5) is 1.34. The van der Waals surface area contributed by atoms with Gasteiger partial charge < -0.3 is 0 Å². The second-order valence-corrected chi connectivity index (χ2v) is 4.69. The smallest absolute Gasteiger partial charge is 0.0550 e. The van der Waals surface area contributed by atoms with Crippen LogP contribution in [0.5, 0.6) is 0 Å². The van der Waals surface area contributed by atoms with Gasteiger partial charge in [-0.15, -0.1) is 11.3 Å². The van der Waals surface area contributed by atoms with Gasteiger partial charge in [0.25, 0.3) is 0 Å². The summed E-state index contributed by atoms with van der Waals surface area (Å²) >= 11 is 7.87. The molecule has 0 unspecified atom stereocenters. The highest BCUT2D eigenvalue weighted by atomic mass is 35.5. The molecule has 0 aromatic carbocycles. The van der Waals surface area contributed by atoms with Gasteiger partial charge in [0.1, 0.15) is 0 Å². The second-order valence-electron chi connectivity index (χ2n) is 3.37. The molecule has 0 nitrogen and oxygen atoms in total. The lowest BCUT2D eigenvalue weighted by Crippen LogP contribution is -2.17. The van der Waals surface area contributed by atoms with Gasteiger partial charge >= 0.3 is 0 Å². The Labute approximate surface area is 83.6 Å². The van der Waals surface area contributed by atoms with Gasteiger partial charge in [0.15, 0.2) is 0 Å². The molecule has 0 saturated carbocycles. The molecule has 0 bridgehead atoms. The third-order valence-corrected chi connectivity index (χ3v) is 4.37. The Balaban J connectivity index is 3.02. The molecule has 0 N–H and O–H groups in total. The molecule has 2 heteroatoms. The van der Waals surface area contributed by atoms with Crippen LogP contribution >= 0.6 is 22.9 Å². The van der Waals surface area contributed by atoms with Crippen LogP contribution in [0.15, 0.2) is 11.4 Å². The lowest BCUT2D eigenvalue weighted by molar-refractivity contribution is 0.448. The fourth-order valence-electron chi connectivity index (χ4n) is 1.30. The molecule has 0 aliphatic heterocycles. The number of hydrogen-bond donors (Lipinski definition) is 0. The standard InChI is InChI=1S/C10H15ClS/c1-4-10(3,5-2)9-8(11)6-7-12-9/h6-7H,4-5H2,1-3H3. The quantitative estimate of drug-likeness (QED) is 0.678. The molecule has 1 aromatic heterocycles. The van der Waals surface area contributed by atoms with Crippen molar-refractivity contribution in [3.05, 3.63) is 21.3 Å². The summed E-state index contributed by atoms with van der Waals surface area (Å²) < 4.78 is 0. The zero-order chi connectivity index (χ0) is 9.19. The van der Waals surface area contributed by atoms with E-state index in [2.05, 4.69) is 26.2 Å². The van der Waals surface area contributed by atoms with E-state index in [1.54, 1.807) is 11.3 Å². The third-order valence-electron chi connectivity index (χ3n) is 2.73. The topological polar surface area (TPSA) is 0 Å². The van der Waals surface area contributed by atoms with Crippen molar-refractivity contribution < 1.29 is 0 Å². The van der Waals surface area contributed by atoms with Crippen molar-refractivity contribution in [2.75, 3.05) is 0 Å². The normalized spacial score (nSPS) is 12.0. The van der Waals surface area contributed by atoms with Crippen LogP contribution in [0.25, 0.3) is 0 Å². The van der Waals surface area contributed by atoms with E-state index in [0.717, 1.165) is 17.9 Å². The molecule has 1 heterocycles. The van der Waals surface area contributed by atoms with Crippen LogP contribution in [0, 0.1) is 0 Å². The molecule has 0 atom stereocenters. The molecule has 0 aliphatic carbocycles. The van der Waals surface area contributed by atoms with Crippen LogP contribution in [0.2, 0.25) is 5.02 Å². The molecule has 12 heavy (non-hydrogen) atoms. The Morgan fingerprint density at radius 2 is 2.00 bits per heavy atom. The Kier molecular flexibility index (Phi) is 3.19. The van der Waals surface area contributed by atoms with Gasteiger partial charge in [0.05, 0.1) is 5.02 Å². The van der Waals surface area contributed by atoms with Crippen molar-refractivity contribution in [2.45, 2.75) is 39.0 Å².